The third kappa shape index (κ3) is 1.01. The number of hydrogen-bond donors (Lipinski definition) is 1. The second-order valence-electron chi connectivity index (χ2n) is 3.48. The van der Waals surface area contributed by atoms with E-state index in [-0.39, 0.29) is 5.28 Å². The molecule has 1 aromatic rings. The molecule has 5 heteroatoms. The molecule has 68 valence electrons. The molecule has 3 rings (SSSR count). The van der Waals surface area contributed by atoms with Crippen LogP contribution in [0.1, 0.15) is 29.6 Å². The number of fused-ring (bicyclic) bond motifs is 5. The molecule has 1 N–H and O–H groups in total. The van der Waals surface area contributed by atoms with E-state index in [4.69, 9.17) is 23.2 Å². The predicted molar refractivity (Wildman–Crippen MR) is 50.2 cm³/mol. The van der Waals surface area contributed by atoms with E-state index in [1.165, 1.54) is 0 Å². The fraction of sp³-hybridized carbons (Fsp3) is 0.500. The Bertz CT molecular complexity index is 380. The summed E-state index contributed by atoms with van der Waals surface area (Å²) in [5, 5.41) is 4.14. The molecule has 0 radical (unpaired) electrons. The quantitative estimate of drug-likeness (QED) is 0.531. The minimum absolute atomic E-state index is 0.248. The fourth-order valence-corrected chi connectivity index (χ4v) is 2.79. The summed E-state index contributed by atoms with van der Waals surface area (Å²) in [6, 6.07) is 0.345. The van der Waals surface area contributed by atoms with Crippen molar-refractivity contribution < 1.29 is 0 Å². The molecule has 1 aliphatic carbocycles. The Labute approximate surface area is 85.5 Å². The van der Waals surface area contributed by atoms with Gasteiger partial charge in [-0.05, 0) is 18.0 Å². The van der Waals surface area contributed by atoms with Crippen molar-refractivity contribution in [1.82, 2.24) is 15.3 Å². The molecule has 13 heavy (non-hydrogen) atoms. The maximum atomic E-state index is 6.01. The van der Waals surface area contributed by atoms with Crippen LogP contribution in [0, 0.1) is 0 Å². The Morgan fingerprint density at radius 1 is 1.31 bits per heavy atom. The maximum Gasteiger partial charge on any atom is 0.224 e. The van der Waals surface area contributed by atoms with Crippen LogP contribution in [0.4, 0.5) is 0 Å². The van der Waals surface area contributed by atoms with Crippen molar-refractivity contribution in [2.24, 2.45) is 0 Å². The largest absolute Gasteiger partial charge is 0.308 e. The van der Waals surface area contributed by atoms with Crippen molar-refractivity contribution in [2.45, 2.75) is 18.4 Å². The highest BCUT2D eigenvalue weighted by molar-refractivity contribution is 6.32. The molecule has 1 aromatic heterocycles. The van der Waals surface area contributed by atoms with E-state index in [0.29, 0.717) is 17.1 Å². The van der Waals surface area contributed by atoms with Gasteiger partial charge in [0.15, 0.2) is 0 Å². The standard InChI is InChI=1S/C8H7Cl2N3/c9-7-5-3-1-4(11-2-3)6(5)12-8(10)13-7/h3-4,11H,1-2H2. The normalized spacial score (nSPS) is 29.4. The summed E-state index contributed by atoms with van der Waals surface area (Å²) < 4.78 is 0. The molecule has 1 aliphatic heterocycles. The second kappa shape index (κ2) is 2.56. The zero-order valence-electron chi connectivity index (χ0n) is 6.72. The smallest absolute Gasteiger partial charge is 0.224 e. The average molecular weight is 216 g/mol. The van der Waals surface area contributed by atoms with E-state index < -0.39 is 0 Å². The van der Waals surface area contributed by atoms with E-state index in [1.807, 2.05) is 0 Å². The summed E-state index contributed by atoms with van der Waals surface area (Å²) in [7, 11) is 0. The summed E-state index contributed by atoms with van der Waals surface area (Å²) in [4.78, 5) is 8.16. The third-order valence-electron chi connectivity index (χ3n) is 2.77. The van der Waals surface area contributed by atoms with Crippen LogP contribution < -0.4 is 5.32 Å². The zero-order chi connectivity index (χ0) is 9.00. The van der Waals surface area contributed by atoms with Crippen molar-refractivity contribution in [3.63, 3.8) is 0 Å². The monoisotopic (exact) mass is 215 g/mol. The van der Waals surface area contributed by atoms with Gasteiger partial charge in [-0.15, -0.1) is 0 Å². The fourth-order valence-electron chi connectivity index (χ4n) is 2.24. The lowest BCUT2D eigenvalue weighted by Gasteiger charge is -2.15. The van der Waals surface area contributed by atoms with Crippen LogP contribution in [0.3, 0.4) is 0 Å². The Hall–Kier alpha value is -0.380. The lowest BCUT2D eigenvalue weighted by atomic mass is 10.1. The SMILES string of the molecule is Clc1nc(Cl)c2c(n1)C1CC2CN1. The molecule has 2 unspecified atom stereocenters. The Morgan fingerprint density at radius 3 is 3.00 bits per heavy atom. The van der Waals surface area contributed by atoms with Crippen molar-refractivity contribution in [3.05, 3.63) is 21.7 Å². The van der Waals surface area contributed by atoms with Crippen molar-refractivity contribution in [3.8, 4) is 0 Å². The van der Waals surface area contributed by atoms with Gasteiger partial charge in [-0.3, -0.25) is 0 Å². The number of nitrogens with one attached hydrogen (secondary N) is 1. The van der Waals surface area contributed by atoms with E-state index in [9.17, 15) is 0 Å². The molecule has 2 atom stereocenters. The lowest BCUT2D eigenvalue weighted by molar-refractivity contribution is 0.628. The van der Waals surface area contributed by atoms with Crippen LogP contribution in [-0.2, 0) is 0 Å². The van der Waals surface area contributed by atoms with Gasteiger partial charge in [-0.25, -0.2) is 9.97 Å². The summed E-state index contributed by atoms with van der Waals surface area (Å²) in [5.74, 6) is 0.491. The third-order valence-corrected chi connectivity index (χ3v) is 3.23. The first kappa shape index (κ1) is 7.97. The van der Waals surface area contributed by atoms with Crippen LogP contribution >= 0.6 is 23.2 Å². The highest BCUT2D eigenvalue weighted by Gasteiger charge is 2.40. The molecule has 2 aliphatic rings. The molecule has 0 saturated carbocycles. The zero-order valence-corrected chi connectivity index (χ0v) is 8.23. The Balaban J connectivity index is 2.26. The maximum absolute atomic E-state index is 6.01. The van der Waals surface area contributed by atoms with Gasteiger partial charge >= 0.3 is 0 Å². The van der Waals surface area contributed by atoms with E-state index in [0.717, 1.165) is 24.2 Å². The second-order valence-corrected chi connectivity index (χ2v) is 4.17. The van der Waals surface area contributed by atoms with Gasteiger partial charge in [0, 0.05) is 18.0 Å². The molecule has 0 spiro atoms. The topological polar surface area (TPSA) is 37.8 Å². The van der Waals surface area contributed by atoms with Crippen LogP contribution in [0.2, 0.25) is 10.4 Å². The number of nitrogens with zero attached hydrogens (tertiary/aromatic N) is 2. The van der Waals surface area contributed by atoms with E-state index >= 15 is 0 Å². The van der Waals surface area contributed by atoms with E-state index in [2.05, 4.69) is 15.3 Å². The summed E-state index contributed by atoms with van der Waals surface area (Å²) >= 11 is 11.7. The number of rotatable bonds is 0. The van der Waals surface area contributed by atoms with Gasteiger partial charge in [0.2, 0.25) is 5.28 Å². The predicted octanol–water partition coefficient (Wildman–Crippen LogP) is 1.92. The van der Waals surface area contributed by atoms with Crippen LogP contribution in [0.25, 0.3) is 0 Å². The lowest BCUT2D eigenvalue weighted by Crippen LogP contribution is -2.21. The molecule has 0 amide bonds. The molecule has 2 heterocycles. The first-order valence-electron chi connectivity index (χ1n) is 4.22. The van der Waals surface area contributed by atoms with Gasteiger partial charge in [-0.1, -0.05) is 11.6 Å². The number of halogens is 2. The average Bonchev–Trinajstić information content (AvgIpc) is 2.62. The van der Waals surface area contributed by atoms with Crippen LogP contribution in [0.15, 0.2) is 0 Å². The van der Waals surface area contributed by atoms with E-state index in [1.54, 1.807) is 0 Å². The summed E-state index contributed by atoms with van der Waals surface area (Å²) in [6.45, 7) is 0.988. The number of hydrogen-bond acceptors (Lipinski definition) is 3. The highest BCUT2D eigenvalue weighted by Crippen LogP contribution is 2.46. The molecule has 3 nitrogen and oxygen atoms in total. The molecule has 1 fully saturated rings. The van der Waals surface area contributed by atoms with Crippen molar-refractivity contribution in [2.75, 3.05) is 6.54 Å². The van der Waals surface area contributed by atoms with Crippen LogP contribution in [-0.4, -0.2) is 16.5 Å². The van der Waals surface area contributed by atoms with Gasteiger partial charge in [0.25, 0.3) is 0 Å². The van der Waals surface area contributed by atoms with Gasteiger partial charge in [-0.2, -0.15) is 0 Å². The van der Waals surface area contributed by atoms with Gasteiger partial charge < -0.3 is 5.32 Å². The molecular weight excluding hydrogens is 209 g/mol. The molecular formula is C8H7Cl2N3. The van der Waals surface area contributed by atoms with Gasteiger partial charge in [0.1, 0.15) is 5.15 Å². The van der Waals surface area contributed by atoms with Gasteiger partial charge in [0.05, 0.1) is 11.7 Å². The highest BCUT2D eigenvalue weighted by atomic mass is 35.5. The minimum atomic E-state index is 0.248. The van der Waals surface area contributed by atoms with Crippen molar-refractivity contribution >= 4 is 23.2 Å². The Kier molecular flexibility index (Phi) is 1.57. The van der Waals surface area contributed by atoms with Crippen molar-refractivity contribution in [1.29, 1.82) is 0 Å². The van der Waals surface area contributed by atoms with Crippen LogP contribution in [0.5, 0.6) is 0 Å². The number of aromatic nitrogens is 2. The summed E-state index contributed by atoms with van der Waals surface area (Å²) in [5.41, 5.74) is 2.11. The first-order chi connectivity index (χ1) is 6.25. The molecule has 2 bridgehead atoms. The summed E-state index contributed by atoms with van der Waals surface area (Å²) in [6.07, 6.45) is 1.09. The Morgan fingerprint density at radius 2 is 2.15 bits per heavy atom. The minimum Gasteiger partial charge on any atom is -0.308 e. The first-order valence-corrected chi connectivity index (χ1v) is 4.97. The molecule has 0 aromatic carbocycles. The molecule has 1 saturated heterocycles.